The minimum Gasteiger partial charge on any atom is -0.486 e. The molecule has 1 aliphatic heterocycles. The molecule has 0 saturated carbocycles. The molecule has 0 radical (unpaired) electrons. The summed E-state index contributed by atoms with van der Waals surface area (Å²) in [6, 6.07) is 11.3. The third-order valence-electron chi connectivity index (χ3n) is 3.26. The van der Waals surface area contributed by atoms with E-state index in [0.717, 1.165) is 25.1 Å². The van der Waals surface area contributed by atoms with Gasteiger partial charge in [-0.2, -0.15) is 0 Å². The summed E-state index contributed by atoms with van der Waals surface area (Å²) in [5, 5.41) is 2.93. The van der Waals surface area contributed by atoms with Crippen molar-refractivity contribution >= 4 is 44.4 Å². The van der Waals surface area contributed by atoms with Gasteiger partial charge in [-0.05, 0) is 46.9 Å². The van der Waals surface area contributed by atoms with Crippen LogP contribution >= 0.6 is 38.5 Å². The molecule has 1 heterocycles. The van der Waals surface area contributed by atoms with E-state index >= 15 is 0 Å². The van der Waals surface area contributed by atoms with Gasteiger partial charge in [0.15, 0.2) is 11.5 Å². The maximum atomic E-state index is 12.4. The average Bonchev–Trinajstić information content (AvgIpc) is 2.54. The van der Waals surface area contributed by atoms with Crippen molar-refractivity contribution in [3.63, 3.8) is 0 Å². The molecule has 6 heteroatoms. The number of nitrogens with one attached hydrogen (secondary N) is 1. The Morgan fingerprint density at radius 2 is 2.05 bits per heavy atom. The Balaban J connectivity index is 1.75. The first-order chi connectivity index (χ1) is 10.6. The molecule has 1 amide bonds. The molecule has 0 unspecified atom stereocenters. The predicted octanol–water partition coefficient (Wildman–Crippen LogP) is 3.75. The van der Waals surface area contributed by atoms with Gasteiger partial charge in [0.1, 0.15) is 13.2 Å². The zero-order valence-corrected chi connectivity index (χ0v) is 15.3. The molecule has 2 aromatic rings. The van der Waals surface area contributed by atoms with Gasteiger partial charge >= 0.3 is 0 Å². The molecule has 2 aromatic carbocycles. The molecule has 1 aliphatic rings. The van der Waals surface area contributed by atoms with Gasteiger partial charge in [0.05, 0.1) is 5.56 Å². The molecular formula is C16H13BrINO3. The lowest BCUT2D eigenvalue weighted by Crippen LogP contribution is -2.25. The molecule has 22 heavy (non-hydrogen) atoms. The fraction of sp³-hybridized carbons (Fsp3) is 0.188. The van der Waals surface area contributed by atoms with Crippen molar-refractivity contribution in [1.29, 1.82) is 0 Å². The lowest BCUT2D eigenvalue weighted by molar-refractivity contribution is 0.0949. The molecule has 0 spiro atoms. The fourth-order valence-electron chi connectivity index (χ4n) is 2.22. The van der Waals surface area contributed by atoms with E-state index < -0.39 is 0 Å². The molecule has 0 aromatic heterocycles. The van der Waals surface area contributed by atoms with Gasteiger partial charge in [0.2, 0.25) is 0 Å². The maximum absolute atomic E-state index is 12.4. The zero-order valence-electron chi connectivity index (χ0n) is 11.6. The van der Waals surface area contributed by atoms with E-state index in [1.54, 1.807) is 0 Å². The number of ether oxygens (including phenoxy) is 2. The normalized spacial score (nSPS) is 12.8. The monoisotopic (exact) mass is 473 g/mol. The van der Waals surface area contributed by atoms with E-state index in [1.807, 2.05) is 36.4 Å². The number of hydrogen-bond acceptors (Lipinski definition) is 3. The van der Waals surface area contributed by atoms with E-state index in [9.17, 15) is 4.79 Å². The predicted molar refractivity (Wildman–Crippen MR) is 95.5 cm³/mol. The molecule has 3 rings (SSSR count). The molecule has 0 fully saturated rings. The van der Waals surface area contributed by atoms with Gasteiger partial charge in [0, 0.05) is 20.2 Å². The van der Waals surface area contributed by atoms with Crippen LogP contribution < -0.4 is 14.8 Å². The Bertz CT molecular complexity index is 721. The van der Waals surface area contributed by atoms with Crippen molar-refractivity contribution in [2.24, 2.45) is 0 Å². The van der Waals surface area contributed by atoms with Gasteiger partial charge < -0.3 is 14.8 Å². The Kier molecular flexibility index (Phi) is 4.87. The number of para-hydroxylation sites is 1. The lowest BCUT2D eigenvalue weighted by atomic mass is 10.1. The summed E-state index contributed by atoms with van der Waals surface area (Å²) >= 11 is 5.54. The molecule has 1 N–H and O–H groups in total. The van der Waals surface area contributed by atoms with E-state index in [4.69, 9.17) is 9.47 Å². The standard InChI is InChI=1S/C16H13BrINO3/c17-11-4-5-13(18)12(8-11)16(20)19-9-10-2-1-3-14-15(10)22-7-6-21-14/h1-5,8H,6-7,9H2,(H,19,20). The van der Waals surface area contributed by atoms with Crippen molar-refractivity contribution in [1.82, 2.24) is 5.32 Å². The molecule has 4 nitrogen and oxygen atoms in total. The fourth-order valence-corrected chi connectivity index (χ4v) is 3.16. The van der Waals surface area contributed by atoms with E-state index in [0.29, 0.717) is 25.3 Å². The number of amides is 1. The number of halogens is 2. The molecule has 0 saturated heterocycles. The van der Waals surface area contributed by atoms with Gasteiger partial charge in [-0.25, -0.2) is 0 Å². The molecular weight excluding hydrogens is 461 g/mol. The quantitative estimate of drug-likeness (QED) is 0.690. The third kappa shape index (κ3) is 3.38. The molecule has 114 valence electrons. The molecule has 0 atom stereocenters. The smallest absolute Gasteiger partial charge is 0.252 e. The van der Waals surface area contributed by atoms with Crippen LogP contribution in [0.3, 0.4) is 0 Å². The SMILES string of the molecule is O=C(NCc1cccc2c1OCCO2)c1cc(Br)ccc1I. The van der Waals surface area contributed by atoms with Crippen LogP contribution in [0.5, 0.6) is 11.5 Å². The lowest BCUT2D eigenvalue weighted by Gasteiger charge is -2.21. The van der Waals surface area contributed by atoms with Crippen molar-refractivity contribution in [3.05, 3.63) is 55.6 Å². The van der Waals surface area contributed by atoms with Gasteiger partial charge in [0.25, 0.3) is 5.91 Å². The Morgan fingerprint density at radius 1 is 1.23 bits per heavy atom. The highest BCUT2D eigenvalue weighted by Gasteiger charge is 2.17. The number of carbonyl (C=O) groups excluding carboxylic acids is 1. The largest absolute Gasteiger partial charge is 0.486 e. The first-order valence-corrected chi connectivity index (χ1v) is 8.63. The van der Waals surface area contributed by atoms with Crippen molar-refractivity contribution in [3.8, 4) is 11.5 Å². The Labute approximate surface area is 150 Å². The highest BCUT2D eigenvalue weighted by Crippen LogP contribution is 2.33. The van der Waals surface area contributed by atoms with Gasteiger partial charge in [-0.1, -0.05) is 28.1 Å². The highest BCUT2D eigenvalue weighted by atomic mass is 127. The average molecular weight is 474 g/mol. The topological polar surface area (TPSA) is 47.6 Å². The van der Waals surface area contributed by atoms with Crippen molar-refractivity contribution in [2.45, 2.75) is 6.54 Å². The highest BCUT2D eigenvalue weighted by molar-refractivity contribution is 14.1. The van der Waals surface area contributed by atoms with E-state index in [-0.39, 0.29) is 5.91 Å². The second-order valence-corrected chi connectivity index (χ2v) is 6.83. The van der Waals surface area contributed by atoms with Crippen LogP contribution in [0.25, 0.3) is 0 Å². The van der Waals surface area contributed by atoms with Gasteiger partial charge in [-0.15, -0.1) is 0 Å². The number of carbonyl (C=O) groups is 1. The first kappa shape index (κ1) is 15.6. The van der Waals surface area contributed by atoms with Crippen LogP contribution in [0.2, 0.25) is 0 Å². The minimum atomic E-state index is -0.111. The van der Waals surface area contributed by atoms with Crippen molar-refractivity contribution in [2.75, 3.05) is 13.2 Å². The minimum absolute atomic E-state index is 0.111. The van der Waals surface area contributed by atoms with Gasteiger partial charge in [-0.3, -0.25) is 4.79 Å². The maximum Gasteiger partial charge on any atom is 0.252 e. The zero-order chi connectivity index (χ0) is 15.5. The number of hydrogen-bond donors (Lipinski definition) is 1. The summed E-state index contributed by atoms with van der Waals surface area (Å²) < 4.78 is 13.0. The van der Waals surface area contributed by atoms with Crippen LogP contribution in [0.15, 0.2) is 40.9 Å². The van der Waals surface area contributed by atoms with Crippen molar-refractivity contribution < 1.29 is 14.3 Å². The summed E-state index contributed by atoms with van der Waals surface area (Å²) in [5.41, 5.74) is 1.56. The summed E-state index contributed by atoms with van der Waals surface area (Å²) in [6.07, 6.45) is 0. The molecule has 0 aliphatic carbocycles. The van der Waals surface area contributed by atoms with E-state index in [2.05, 4.69) is 43.8 Å². The second kappa shape index (κ2) is 6.87. The van der Waals surface area contributed by atoms with Crippen LogP contribution in [0, 0.1) is 3.57 Å². The Morgan fingerprint density at radius 3 is 2.91 bits per heavy atom. The molecule has 0 bridgehead atoms. The van der Waals surface area contributed by atoms with Crippen LogP contribution in [-0.4, -0.2) is 19.1 Å². The first-order valence-electron chi connectivity index (χ1n) is 6.76. The third-order valence-corrected chi connectivity index (χ3v) is 4.69. The van der Waals surface area contributed by atoms with Crippen LogP contribution in [0.1, 0.15) is 15.9 Å². The number of rotatable bonds is 3. The second-order valence-electron chi connectivity index (χ2n) is 4.75. The summed E-state index contributed by atoms with van der Waals surface area (Å²) in [7, 11) is 0. The number of benzene rings is 2. The number of fused-ring (bicyclic) bond motifs is 1. The van der Waals surface area contributed by atoms with Crippen LogP contribution in [0.4, 0.5) is 0 Å². The van der Waals surface area contributed by atoms with Crippen LogP contribution in [-0.2, 0) is 6.54 Å². The summed E-state index contributed by atoms with van der Waals surface area (Å²) in [4.78, 5) is 12.4. The van der Waals surface area contributed by atoms with E-state index in [1.165, 1.54) is 0 Å². The Hall–Kier alpha value is -1.28. The summed E-state index contributed by atoms with van der Waals surface area (Å²) in [5.74, 6) is 1.34. The summed E-state index contributed by atoms with van der Waals surface area (Å²) in [6.45, 7) is 1.48.